The van der Waals surface area contributed by atoms with Crippen molar-refractivity contribution in [3.8, 4) is 22.8 Å². The molecular weight excluding hydrogens is 1040 g/mol. The minimum absolute atomic E-state index is 0. The number of nitrogen functional groups attached to an aromatic ring is 2. The van der Waals surface area contributed by atoms with Crippen molar-refractivity contribution in [1.29, 1.82) is 0 Å². The number of rotatable bonds is 22. The first-order valence-electron chi connectivity index (χ1n) is 27.7. The van der Waals surface area contributed by atoms with Crippen molar-refractivity contribution in [2.24, 2.45) is 0 Å². The fraction of sp³-hybridized carbons (Fsp3) is 0.273. The van der Waals surface area contributed by atoms with Gasteiger partial charge in [0.2, 0.25) is 33.4 Å². The largest absolute Gasteiger partial charge is 1.00 e. The number of unbranched alkanes of at least 4 members (excludes halogenated alkanes) is 8. The quantitative estimate of drug-likeness (QED) is 0.0183. The van der Waals surface area contributed by atoms with Crippen molar-refractivity contribution in [2.45, 2.75) is 105 Å². The van der Waals surface area contributed by atoms with Gasteiger partial charge < -0.3 is 46.9 Å². The lowest BCUT2D eigenvalue weighted by Crippen LogP contribution is -3.00. The second-order valence-corrected chi connectivity index (χ2v) is 20.9. The molecule has 0 aliphatic carbocycles. The van der Waals surface area contributed by atoms with Crippen LogP contribution in [0.1, 0.15) is 119 Å². The van der Waals surface area contributed by atoms with Crippen LogP contribution in [0.2, 0.25) is 0 Å². The molecule has 6 N–H and O–H groups in total. The second kappa shape index (κ2) is 26.7. The summed E-state index contributed by atoms with van der Waals surface area (Å²) in [5.74, 6) is -0.0430. The molecule has 0 spiro atoms. The minimum Gasteiger partial charge on any atom is -1.00 e. The summed E-state index contributed by atoms with van der Waals surface area (Å²) >= 11 is 0. The number of hydrogen-bond donors (Lipinski definition) is 4. The summed E-state index contributed by atoms with van der Waals surface area (Å²) < 4.78 is 4.53. The molecule has 0 fully saturated rings. The normalized spacial score (nSPS) is 11.2. The van der Waals surface area contributed by atoms with Crippen molar-refractivity contribution >= 4 is 72.9 Å². The number of halogens is 2. The van der Waals surface area contributed by atoms with Gasteiger partial charge in [-0.25, -0.2) is 9.97 Å². The number of aryl methyl sites for hydroxylation is 5. The highest BCUT2D eigenvalue weighted by molar-refractivity contribution is 5.96. The third kappa shape index (κ3) is 13.3. The van der Waals surface area contributed by atoms with E-state index in [0.717, 1.165) is 166 Å². The van der Waals surface area contributed by atoms with Crippen molar-refractivity contribution < 1.29 is 43.5 Å². The topological polar surface area (TPSA) is 170 Å². The van der Waals surface area contributed by atoms with E-state index in [4.69, 9.17) is 21.4 Å². The summed E-state index contributed by atoms with van der Waals surface area (Å²) in [6.45, 7) is 9.82. The minimum atomic E-state index is -0.138. The molecule has 0 atom stereocenters. The molecule has 10 rings (SSSR count). The van der Waals surface area contributed by atoms with Crippen LogP contribution in [0.25, 0.3) is 66.9 Å². The fourth-order valence-electron chi connectivity index (χ4n) is 10.5. The summed E-state index contributed by atoms with van der Waals surface area (Å²) in [6, 6.07) is 45.1. The van der Waals surface area contributed by atoms with Crippen molar-refractivity contribution in [1.82, 2.24) is 25.3 Å². The number of carbonyl (C=O) groups is 2. The highest BCUT2D eigenvalue weighted by atomic mass is 35.5. The number of nitrogens with zero attached hydrogens (tertiary/aromatic N) is 6. The van der Waals surface area contributed by atoms with Gasteiger partial charge in [0.25, 0.3) is 5.91 Å². The van der Waals surface area contributed by atoms with E-state index in [0.29, 0.717) is 35.5 Å². The van der Waals surface area contributed by atoms with Crippen molar-refractivity contribution in [2.75, 3.05) is 29.9 Å². The Kier molecular flexibility index (Phi) is 19.4. The number of benzene rings is 6. The van der Waals surface area contributed by atoms with Crippen LogP contribution in [-0.2, 0) is 6.42 Å². The van der Waals surface area contributed by atoms with Gasteiger partial charge in [-0.1, -0.05) is 74.9 Å². The van der Waals surface area contributed by atoms with Crippen LogP contribution in [0.15, 0.2) is 146 Å². The molecule has 12 nitrogen and oxygen atoms in total. The van der Waals surface area contributed by atoms with Gasteiger partial charge in [0, 0.05) is 103 Å². The maximum absolute atomic E-state index is 13.1. The first kappa shape index (κ1) is 58.1. The number of carbonyl (C=O) groups excluding carboxylic acids is 2. The smallest absolute Gasteiger partial charge is 0.252 e. The predicted octanol–water partition coefficient (Wildman–Crippen LogP) is 7.06. The molecule has 4 heterocycles. The molecule has 0 aliphatic rings. The number of nitrogens with one attached hydrogen (secondary N) is 2. The Morgan fingerprint density at radius 2 is 0.938 bits per heavy atom. The zero-order valence-corrected chi connectivity index (χ0v) is 47.7. The highest BCUT2D eigenvalue weighted by Crippen LogP contribution is 2.28. The van der Waals surface area contributed by atoms with E-state index in [1.54, 1.807) is 18.5 Å². The molecular formula is C66H70Cl2N10O2. The van der Waals surface area contributed by atoms with E-state index in [2.05, 4.69) is 129 Å². The van der Waals surface area contributed by atoms with Crippen molar-refractivity contribution in [3.63, 3.8) is 0 Å². The molecule has 14 heteroatoms. The molecule has 0 bridgehead atoms. The lowest BCUT2D eigenvalue weighted by atomic mass is 10.00. The van der Waals surface area contributed by atoms with E-state index in [-0.39, 0.29) is 36.5 Å². The van der Waals surface area contributed by atoms with E-state index >= 15 is 0 Å². The van der Waals surface area contributed by atoms with E-state index < -0.39 is 0 Å². The van der Waals surface area contributed by atoms with Gasteiger partial charge in [-0.2, -0.15) is 0 Å². The summed E-state index contributed by atoms with van der Waals surface area (Å²) in [4.78, 5) is 45.3. The molecule has 0 radical (unpaired) electrons. The predicted molar refractivity (Wildman–Crippen MR) is 316 cm³/mol. The number of aromatic nitrogens is 6. The number of ketones is 1. The van der Waals surface area contributed by atoms with Gasteiger partial charge in [-0.15, -0.1) is 9.13 Å². The van der Waals surface area contributed by atoms with Gasteiger partial charge >= 0.3 is 0 Å². The number of Topliss-reactive ketones (excluding diaryl/α,β-unsaturated/α-hetero) is 1. The number of fused-ring (bicyclic) bond motifs is 4. The monoisotopic (exact) mass is 1100 g/mol. The number of hydrogen-bond acceptors (Lipinski definition) is 9. The molecule has 6 aromatic carbocycles. The van der Waals surface area contributed by atoms with E-state index in [1.165, 1.54) is 11.1 Å². The number of amides is 1. The maximum Gasteiger partial charge on any atom is 0.252 e. The average Bonchev–Trinajstić information content (AvgIpc) is 3.54. The maximum atomic E-state index is 13.1. The first-order valence-corrected chi connectivity index (χ1v) is 27.7. The molecule has 0 aliphatic heterocycles. The molecule has 4 aromatic heterocycles. The highest BCUT2D eigenvalue weighted by Gasteiger charge is 2.24. The average molecular weight is 1110 g/mol. The second-order valence-electron chi connectivity index (χ2n) is 20.9. The van der Waals surface area contributed by atoms with Crippen molar-refractivity contribution in [3.05, 3.63) is 185 Å². The molecule has 1 amide bonds. The molecule has 0 saturated carbocycles. The van der Waals surface area contributed by atoms with Gasteiger partial charge in [-0.3, -0.25) is 19.6 Å². The number of anilines is 3. The zero-order chi connectivity index (χ0) is 54.1. The summed E-state index contributed by atoms with van der Waals surface area (Å²) in [5, 5.41) is 6.74. The Morgan fingerprint density at radius 3 is 1.49 bits per heavy atom. The fourth-order valence-corrected chi connectivity index (χ4v) is 10.5. The van der Waals surface area contributed by atoms with Crippen LogP contribution in [0.3, 0.4) is 0 Å². The third-order valence-electron chi connectivity index (χ3n) is 15.1. The van der Waals surface area contributed by atoms with Gasteiger partial charge in [-0.05, 0) is 136 Å². The third-order valence-corrected chi connectivity index (χ3v) is 15.1. The Balaban J connectivity index is 0.00000420. The Labute approximate surface area is 481 Å². The Hall–Kier alpha value is -8.06. The lowest BCUT2D eigenvalue weighted by molar-refractivity contribution is -0.538. The lowest BCUT2D eigenvalue weighted by Gasteiger charge is -2.12. The van der Waals surface area contributed by atoms with Crippen LogP contribution in [-0.4, -0.2) is 44.7 Å². The molecule has 0 saturated heterocycles. The van der Waals surface area contributed by atoms with Crippen LogP contribution in [0.4, 0.5) is 17.1 Å². The Bertz CT molecular complexity index is 3550. The summed E-state index contributed by atoms with van der Waals surface area (Å²) in [5.41, 5.74) is 33.6. The van der Waals surface area contributed by atoms with E-state index in [9.17, 15) is 9.59 Å². The Morgan fingerprint density at radius 1 is 0.475 bits per heavy atom. The molecule has 80 heavy (non-hydrogen) atoms. The van der Waals surface area contributed by atoms with E-state index in [1.807, 2.05) is 56.3 Å². The number of para-hydroxylation sites is 2. The van der Waals surface area contributed by atoms with Crippen LogP contribution < -0.4 is 56.0 Å². The van der Waals surface area contributed by atoms with Gasteiger partial charge in [0.05, 0.1) is 17.0 Å². The molecule has 10 aromatic rings. The zero-order valence-electron chi connectivity index (χ0n) is 46.2. The van der Waals surface area contributed by atoms with Gasteiger partial charge in [0.1, 0.15) is 22.1 Å². The SMILES string of the molecule is Cc1cc2nc3cc(C)c(CCCCCCCNC(=O)c4ccc(-c5ccc(C(=O)CCCCCCCNc6cc7c(cc6C)nc6cc(C)c(N)cc6[n+]7-c6ccccc6)cn5)nc4)cc3[n+](-c3ccccc3)c2cc1N.[Cl-].[Cl-]. The standard InChI is InChI=1S/C66H68N10O2.2ClH/c1-43-33-57-61(75(50-22-14-11-15-23-50)62-38-52(67)44(2)34-58(62)73-57)37-47(43)21-13-7-5-10-20-32-70-66(78)49-28-30-55(72-42-49)54-29-27-48(41-71-54)65(77)26-18-8-6-9-19-31-69-56-40-64-60(36-46(56)4)74-59-35-45(3)53(68)39-63(59)76(64)51-24-16-12-17-25-51;;/h11-12,14-17,22-25,27-30,33-42,67H,5-10,13,18-21,26,31-32H2,1-4H3,(H3,68,69,70,78);2*1H. The summed E-state index contributed by atoms with van der Waals surface area (Å²) in [7, 11) is 0. The first-order chi connectivity index (χ1) is 38.0. The molecule has 410 valence electrons. The van der Waals surface area contributed by atoms with Gasteiger partial charge in [0.15, 0.2) is 5.78 Å². The number of pyridine rings is 2. The summed E-state index contributed by atoms with van der Waals surface area (Å²) in [6.07, 6.45) is 15.0. The molecule has 0 unspecified atom stereocenters. The van der Waals surface area contributed by atoms with Crippen LogP contribution in [0.5, 0.6) is 0 Å². The van der Waals surface area contributed by atoms with Crippen LogP contribution in [0, 0.1) is 27.7 Å². The van der Waals surface area contributed by atoms with Crippen LogP contribution >= 0.6 is 0 Å². The number of nitrogens with two attached hydrogens (primary N) is 2.